The van der Waals surface area contributed by atoms with Crippen LogP contribution in [0.15, 0.2) is 97.2 Å². The monoisotopic (exact) mass is 1060 g/mol. The molecule has 0 amide bonds. The van der Waals surface area contributed by atoms with Gasteiger partial charge in [0.25, 0.3) is 0 Å². The second-order valence-corrected chi connectivity index (χ2v) is 21.3. The summed E-state index contributed by atoms with van der Waals surface area (Å²) in [6.07, 6.45) is 85.5. The van der Waals surface area contributed by atoms with Crippen molar-refractivity contribution in [2.24, 2.45) is 0 Å². The van der Waals surface area contributed by atoms with Crippen LogP contribution >= 0.6 is 0 Å². The Labute approximate surface area is 470 Å². The van der Waals surface area contributed by atoms with Gasteiger partial charge in [-0.3, -0.25) is 14.4 Å². The van der Waals surface area contributed by atoms with Crippen LogP contribution in [0, 0.1) is 0 Å². The Balaban J connectivity index is 4.39. The van der Waals surface area contributed by atoms with Crippen LogP contribution in [0.4, 0.5) is 0 Å². The van der Waals surface area contributed by atoms with Crippen molar-refractivity contribution in [3.8, 4) is 0 Å². The topological polar surface area (TPSA) is 78.9 Å². The molecule has 0 aromatic carbocycles. The third-order valence-corrected chi connectivity index (χ3v) is 13.8. The first-order valence-corrected chi connectivity index (χ1v) is 32.2. The van der Waals surface area contributed by atoms with Crippen molar-refractivity contribution >= 4 is 17.9 Å². The second-order valence-electron chi connectivity index (χ2n) is 21.3. The van der Waals surface area contributed by atoms with Gasteiger partial charge in [0.1, 0.15) is 13.2 Å². The maximum absolute atomic E-state index is 12.9. The third-order valence-electron chi connectivity index (χ3n) is 13.8. The fourth-order valence-corrected chi connectivity index (χ4v) is 8.97. The summed E-state index contributed by atoms with van der Waals surface area (Å²) in [6, 6.07) is 0. The highest BCUT2D eigenvalue weighted by Crippen LogP contribution is 2.16. The van der Waals surface area contributed by atoms with Gasteiger partial charge >= 0.3 is 17.9 Å². The van der Waals surface area contributed by atoms with E-state index in [0.717, 1.165) is 109 Å². The standard InChI is InChI=1S/C70H120O6/c1-4-7-10-13-16-19-22-25-28-30-32-34-35-37-38-40-42-45-48-51-54-57-60-63-69(72)75-66-67(65-74-68(71)62-59-56-53-50-47-44-27-24-21-18-15-12-9-6-3)76-70(73)64-61-58-55-52-49-46-43-41-39-36-33-31-29-26-23-20-17-14-11-8-5-2/h7,10,16,19,23-28,31-34,37-38,67H,4-6,8-9,11-15,17-18,20-22,29-30,35-36,39-66H2,1-3H3/b10-7-,19-16-,26-23-,27-24-,28-25-,33-31-,34-32-,38-37-. The molecule has 0 rings (SSSR count). The molecular formula is C70H120O6. The normalized spacial score (nSPS) is 12.7. The zero-order chi connectivity index (χ0) is 55.0. The maximum atomic E-state index is 12.9. The number of carbonyl (C=O) groups excluding carboxylic acids is 3. The number of hydrogen-bond donors (Lipinski definition) is 0. The molecule has 0 heterocycles. The van der Waals surface area contributed by atoms with Gasteiger partial charge in [-0.15, -0.1) is 0 Å². The fourth-order valence-electron chi connectivity index (χ4n) is 8.97. The Hall–Kier alpha value is -3.67. The van der Waals surface area contributed by atoms with Gasteiger partial charge in [0.15, 0.2) is 6.10 Å². The van der Waals surface area contributed by atoms with E-state index in [9.17, 15) is 14.4 Å². The Bertz CT molecular complexity index is 1490. The van der Waals surface area contributed by atoms with E-state index in [4.69, 9.17) is 14.2 Å². The van der Waals surface area contributed by atoms with Gasteiger partial charge in [0.2, 0.25) is 0 Å². The summed E-state index contributed by atoms with van der Waals surface area (Å²) >= 11 is 0. The van der Waals surface area contributed by atoms with Gasteiger partial charge in [-0.1, -0.05) is 266 Å². The van der Waals surface area contributed by atoms with E-state index < -0.39 is 6.10 Å². The van der Waals surface area contributed by atoms with Crippen molar-refractivity contribution in [2.75, 3.05) is 13.2 Å². The predicted octanol–water partition coefficient (Wildman–Crippen LogP) is 22.0. The molecule has 0 fully saturated rings. The summed E-state index contributed by atoms with van der Waals surface area (Å²) in [5.41, 5.74) is 0. The van der Waals surface area contributed by atoms with Crippen molar-refractivity contribution in [1.82, 2.24) is 0 Å². The van der Waals surface area contributed by atoms with Crippen LogP contribution in [-0.2, 0) is 28.6 Å². The van der Waals surface area contributed by atoms with Crippen molar-refractivity contribution < 1.29 is 28.6 Å². The van der Waals surface area contributed by atoms with E-state index in [1.54, 1.807) is 0 Å². The molecule has 0 spiro atoms. The van der Waals surface area contributed by atoms with E-state index in [2.05, 4.69) is 118 Å². The Kier molecular flexibility index (Phi) is 60.8. The molecule has 0 saturated carbocycles. The van der Waals surface area contributed by atoms with Crippen LogP contribution < -0.4 is 0 Å². The summed E-state index contributed by atoms with van der Waals surface area (Å²) < 4.78 is 16.9. The van der Waals surface area contributed by atoms with Gasteiger partial charge in [-0.2, -0.15) is 0 Å². The molecule has 6 nitrogen and oxygen atoms in total. The highest BCUT2D eigenvalue weighted by atomic mass is 16.6. The van der Waals surface area contributed by atoms with Crippen molar-refractivity contribution in [3.05, 3.63) is 97.2 Å². The van der Waals surface area contributed by atoms with E-state index in [0.29, 0.717) is 19.3 Å². The molecule has 436 valence electrons. The van der Waals surface area contributed by atoms with Crippen molar-refractivity contribution in [3.63, 3.8) is 0 Å². The molecule has 1 atom stereocenters. The first kappa shape index (κ1) is 72.3. The molecular weight excluding hydrogens is 937 g/mol. The number of unbranched alkanes of at least 4 members (excludes halogenated alkanes) is 31. The van der Waals surface area contributed by atoms with Crippen LogP contribution in [-0.4, -0.2) is 37.2 Å². The van der Waals surface area contributed by atoms with Crippen LogP contribution in [0.1, 0.15) is 310 Å². The minimum atomic E-state index is -0.790. The lowest BCUT2D eigenvalue weighted by Crippen LogP contribution is -2.30. The number of allylic oxidation sites excluding steroid dienone is 16. The van der Waals surface area contributed by atoms with Crippen LogP contribution in [0.25, 0.3) is 0 Å². The predicted molar refractivity (Wildman–Crippen MR) is 330 cm³/mol. The summed E-state index contributed by atoms with van der Waals surface area (Å²) in [7, 11) is 0. The third kappa shape index (κ3) is 61.2. The minimum Gasteiger partial charge on any atom is -0.462 e. The van der Waals surface area contributed by atoms with Crippen LogP contribution in [0.5, 0.6) is 0 Å². The smallest absolute Gasteiger partial charge is 0.306 e. The van der Waals surface area contributed by atoms with Gasteiger partial charge in [0.05, 0.1) is 0 Å². The molecule has 0 aliphatic carbocycles. The number of ether oxygens (including phenoxy) is 3. The summed E-state index contributed by atoms with van der Waals surface area (Å²) in [4.78, 5) is 38.3. The maximum Gasteiger partial charge on any atom is 0.306 e. The van der Waals surface area contributed by atoms with Gasteiger partial charge in [-0.05, 0) is 122 Å². The number of carbonyl (C=O) groups is 3. The quantitative estimate of drug-likeness (QED) is 0.0261. The highest BCUT2D eigenvalue weighted by Gasteiger charge is 2.19. The molecule has 0 aromatic heterocycles. The van der Waals surface area contributed by atoms with E-state index in [-0.39, 0.29) is 31.1 Å². The average molecular weight is 1060 g/mol. The minimum absolute atomic E-state index is 0.0865. The van der Waals surface area contributed by atoms with E-state index >= 15 is 0 Å². The Morgan fingerprint density at radius 1 is 0.276 bits per heavy atom. The SMILES string of the molecule is CC/C=C\C/C=C\C/C=C\C/C=C\C/C=C\CCCCCCCCCC(=O)OCC(COC(=O)CCCCCCC/C=C\CCCCCCC)OC(=O)CCCCCCCCCCC/C=C\C/C=C\CCCCCCC. The molecule has 6 heteroatoms. The largest absolute Gasteiger partial charge is 0.462 e. The zero-order valence-corrected chi connectivity index (χ0v) is 50.0. The van der Waals surface area contributed by atoms with E-state index in [1.807, 2.05) is 0 Å². The molecule has 0 aliphatic rings. The lowest BCUT2D eigenvalue weighted by Gasteiger charge is -2.18. The van der Waals surface area contributed by atoms with Gasteiger partial charge in [0, 0.05) is 19.3 Å². The molecule has 76 heavy (non-hydrogen) atoms. The molecule has 0 aliphatic heterocycles. The van der Waals surface area contributed by atoms with Crippen LogP contribution in [0.3, 0.4) is 0 Å². The molecule has 0 aromatic rings. The zero-order valence-electron chi connectivity index (χ0n) is 50.0. The number of hydrogen-bond acceptors (Lipinski definition) is 6. The first-order chi connectivity index (χ1) is 37.5. The average Bonchev–Trinajstić information content (AvgIpc) is 3.42. The van der Waals surface area contributed by atoms with Crippen LogP contribution in [0.2, 0.25) is 0 Å². The summed E-state index contributed by atoms with van der Waals surface area (Å²) in [6.45, 7) is 6.51. The summed E-state index contributed by atoms with van der Waals surface area (Å²) in [5.74, 6) is -0.900. The van der Waals surface area contributed by atoms with Crippen molar-refractivity contribution in [1.29, 1.82) is 0 Å². The second kappa shape index (κ2) is 63.9. The van der Waals surface area contributed by atoms with Gasteiger partial charge < -0.3 is 14.2 Å². The molecule has 0 radical (unpaired) electrons. The van der Waals surface area contributed by atoms with Gasteiger partial charge in [-0.25, -0.2) is 0 Å². The molecule has 1 unspecified atom stereocenters. The Morgan fingerprint density at radius 3 is 0.816 bits per heavy atom. The highest BCUT2D eigenvalue weighted by molar-refractivity contribution is 5.71. The summed E-state index contributed by atoms with van der Waals surface area (Å²) in [5, 5.41) is 0. The first-order valence-electron chi connectivity index (χ1n) is 32.2. The van der Waals surface area contributed by atoms with Crippen molar-refractivity contribution in [2.45, 2.75) is 316 Å². The molecule has 0 bridgehead atoms. The molecule has 0 N–H and O–H groups in total. The number of esters is 3. The van der Waals surface area contributed by atoms with E-state index in [1.165, 1.54) is 161 Å². The lowest BCUT2D eigenvalue weighted by atomic mass is 10.1. The number of rotatable bonds is 58. The fraction of sp³-hybridized carbons (Fsp3) is 0.729. The molecule has 0 saturated heterocycles. The lowest BCUT2D eigenvalue weighted by molar-refractivity contribution is -0.167. The Morgan fingerprint density at radius 2 is 0.513 bits per heavy atom.